The zero-order chi connectivity index (χ0) is 22.6. The highest BCUT2D eigenvalue weighted by Gasteiger charge is 2.14. The van der Waals surface area contributed by atoms with Crippen molar-refractivity contribution in [3.05, 3.63) is 71.3 Å². The van der Waals surface area contributed by atoms with Gasteiger partial charge in [-0.05, 0) is 61.5 Å². The van der Waals surface area contributed by atoms with Gasteiger partial charge in [0.1, 0.15) is 0 Å². The van der Waals surface area contributed by atoms with Gasteiger partial charge in [0.2, 0.25) is 0 Å². The lowest BCUT2D eigenvalue weighted by Gasteiger charge is -2.32. The molecular formula is C23H25ClN2O4S-2. The van der Waals surface area contributed by atoms with E-state index < -0.39 is 11.9 Å². The number of benzene rings is 2. The van der Waals surface area contributed by atoms with Gasteiger partial charge < -0.3 is 29.6 Å². The number of carboxylic acids is 2. The molecule has 166 valence electrons. The van der Waals surface area contributed by atoms with Crippen LogP contribution in [0.3, 0.4) is 0 Å². The minimum Gasteiger partial charge on any atom is -0.545 e. The van der Waals surface area contributed by atoms with Crippen LogP contribution in [0.1, 0.15) is 5.56 Å². The molecule has 0 aliphatic carbocycles. The third-order valence-corrected chi connectivity index (χ3v) is 6.04. The highest BCUT2D eigenvalue weighted by Crippen LogP contribution is 2.31. The Bertz CT molecular complexity index is 865. The summed E-state index contributed by atoms with van der Waals surface area (Å²) < 4.78 is 0. The van der Waals surface area contributed by atoms with Gasteiger partial charge in [-0.2, -0.15) is 0 Å². The third kappa shape index (κ3) is 10.0. The monoisotopic (exact) mass is 460 g/mol. The van der Waals surface area contributed by atoms with E-state index in [1.165, 1.54) is 41.5 Å². The second-order valence-electron chi connectivity index (χ2n) is 7.03. The Kier molecular flexibility index (Phi) is 10.6. The van der Waals surface area contributed by atoms with Crippen molar-refractivity contribution in [1.29, 1.82) is 0 Å². The Morgan fingerprint density at radius 3 is 2.13 bits per heavy atom. The van der Waals surface area contributed by atoms with Gasteiger partial charge in [0.25, 0.3) is 0 Å². The van der Waals surface area contributed by atoms with E-state index in [9.17, 15) is 19.8 Å². The summed E-state index contributed by atoms with van der Waals surface area (Å²) in [5.74, 6) is -3.09. The molecule has 1 heterocycles. The molecular weight excluding hydrogens is 436 g/mol. The number of hydrogen-bond donors (Lipinski definition) is 0. The molecule has 1 aliphatic rings. The van der Waals surface area contributed by atoms with E-state index in [1.807, 2.05) is 23.9 Å². The first-order chi connectivity index (χ1) is 14.8. The number of hydrogen-bond acceptors (Lipinski definition) is 7. The summed E-state index contributed by atoms with van der Waals surface area (Å²) >= 11 is 7.80. The minimum atomic E-state index is -1.55. The number of rotatable bonds is 7. The molecule has 8 heteroatoms. The van der Waals surface area contributed by atoms with Crippen molar-refractivity contribution in [2.45, 2.75) is 16.2 Å². The van der Waals surface area contributed by atoms with Gasteiger partial charge in [0.15, 0.2) is 0 Å². The van der Waals surface area contributed by atoms with E-state index in [4.69, 9.17) is 11.6 Å². The molecule has 2 aromatic carbocycles. The molecule has 6 nitrogen and oxygen atoms in total. The number of nitrogens with zero attached hydrogens (tertiary/aromatic N) is 2. The molecule has 0 spiro atoms. The van der Waals surface area contributed by atoms with E-state index in [1.54, 1.807) is 0 Å². The first-order valence-electron chi connectivity index (χ1n) is 9.86. The molecule has 0 atom stereocenters. The normalized spacial score (nSPS) is 14.8. The molecule has 1 saturated heterocycles. The Balaban J connectivity index is 0.000000366. The second-order valence-corrected chi connectivity index (χ2v) is 8.58. The lowest BCUT2D eigenvalue weighted by atomic mass is 10.1. The van der Waals surface area contributed by atoms with Crippen molar-refractivity contribution >= 4 is 35.3 Å². The van der Waals surface area contributed by atoms with Gasteiger partial charge in [0.05, 0.1) is 11.9 Å². The van der Waals surface area contributed by atoms with Gasteiger partial charge >= 0.3 is 0 Å². The molecule has 0 aromatic heterocycles. The SMILES string of the molecule is CN1CCN(CCc2ccccc2Sc2ccc(Cl)cc2)CC1.O=C([O-])C=CC(=O)[O-]. The summed E-state index contributed by atoms with van der Waals surface area (Å²) in [4.78, 5) is 26.4. The second kappa shape index (κ2) is 13.2. The van der Waals surface area contributed by atoms with Crippen LogP contribution in [0.15, 0.2) is 70.5 Å². The van der Waals surface area contributed by atoms with Crippen molar-refractivity contribution < 1.29 is 19.8 Å². The Morgan fingerprint density at radius 2 is 1.55 bits per heavy atom. The standard InChI is InChI=1S/C19H23ClN2S.C4H4O4/c1-21-12-14-22(15-13-21)11-10-16-4-2-3-5-19(16)23-18-8-6-17(20)7-9-18;5-3(6)1-2-4(7)8/h2-9H,10-15H2,1H3;1-2H,(H,5,6)(H,7,8)/p-2. The van der Waals surface area contributed by atoms with E-state index in [-0.39, 0.29) is 0 Å². The smallest absolute Gasteiger partial charge is 0.0643 e. The van der Waals surface area contributed by atoms with E-state index in [2.05, 4.69) is 53.2 Å². The van der Waals surface area contributed by atoms with Crippen LogP contribution in [0.4, 0.5) is 0 Å². The van der Waals surface area contributed by atoms with Crippen LogP contribution in [0.25, 0.3) is 0 Å². The summed E-state index contributed by atoms with van der Waals surface area (Å²) in [6, 6.07) is 16.8. The number of carboxylic acid groups (broad SMARTS) is 2. The maximum absolute atomic E-state index is 9.41. The molecule has 0 saturated carbocycles. The maximum Gasteiger partial charge on any atom is 0.0643 e. The van der Waals surface area contributed by atoms with Gasteiger partial charge in [-0.3, -0.25) is 0 Å². The van der Waals surface area contributed by atoms with Gasteiger partial charge in [-0.15, -0.1) is 0 Å². The minimum absolute atomic E-state index is 0.384. The molecule has 1 aliphatic heterocycles. The Labute approximate surface area is 192 Å². The van der Waals surface area contributed by atoms with Crippen molar-refractivity contribution in [2.75, 3.05) is 39.8 Å². The molecule has 0 amide bonds. The number of carbonyl (C=O) groups is 2. The fourth-order valence-corrected chi connectivity index (χ4v) is 4.03. The largest absolute Gasteiger partial charge is 0.545 e. The zero-order valence-electron chi connectivity index (χ0n) is 17.3. The van der Waals surface area contributed by atoms with Crippen LogP contribution in [-0.4, -0.2) is 61.5 Å². The highest BCUT2D eigenvalue weighted by molar-refractivity contribution is 7.99. The Morgan fingerprint density at radius 1 is 0.968 bits per heavy atom. The molecule has 31 heavy (non-hydrogen) atoms. The molecule has 0 radical (unpaired) electrons. The van der Waals surface area contributed by atoms with Crippen LogP contribution >= 0.6 is 23.4 Å². The number of aliphatic carboxylic acids is 2. The first kappa shape index (κ1) is 24.9. The average Bonchev–Trinajstić information content (AvgIpc) is 2.75. The van der Waals surface area contributed by atoms with E-state index in [0.29, 0.717) is 12.2 Å². The van der Waals surface area contributed by atoms with Crippen molar-refractivity contribution in [1.82, 2.24) is 9.80 Å². The van der Waals surface area contributed by atoms with Crippen LogP contribution in [0, 0.1) is 0 Å². The summed E-state index contributed by atoms with van der Waals surface area (Å²) in [6.07, 6.45) is 1.88. The number of likely N-dealkylation sites (N-methyl/N-ethyl adjacent to an activating group) is 1. The predicted molar refractivity (Wildman–Crippen MR) is 119 cm³/mol. The summed E-state index contributed by atoms with van der Waals surface area (Å²) in [5, 5.41) is 19.6. The number of halogens is 1. The van der Waals surface area contributed by atoms with Crippen LogP contribution in [0.2, 0.25) is 5.02 Å². The molecule has 1 fully saturated rings. The van der Waals surface area contributed by atoms with Crippen molar-refractivity contribution in [3.8, 4) is 0 Å². The number of carbonyl (C=O) groups excluding carboxylic acids is 2. The first-order valence-corrected chi connectivity index (χ1v) is 11.0. The molecule has 0 unspecified atom stereocenters. The van der Waals surface area contributed by atoms with Gasteiger partial charge in [-0.1, -0.05) is 41.6 Å². The van der Waals surface area contributed by atoms with Crippen LogP contribution < -0.4 is 10.2 Å². The van der Waals surface area contributed by atoms with Crippen molar-refractivity contribution in [2.24, 2.45) is 0 Å². The van der Waals surface area contributed by atoms with E-state index >= 15 is 0 Å². The summed E-state index contributed by atoms with van der Waals surface area (Å²) in [7, 11) is 2.20. The third-order valence-electron chi connectivity index (χ3n) is 4.66. The lowest BCUT2D eigenvalue weighted by Crippen LogP contribution is -2.45. The fourth-order valence-electron chi connectivity index (χ4n) is 2.93. The molecule has 0 N–H and O–H groups in total. The fraction of sp³-hybridized carbons (Fsp3) is 0.304. The topological polar surface area (TPSA) is 86.7 Å². The molecule has 2 aromatic rings. The van der Waals surface area contributed by atoms with Crippen LogP contribution in [0.5, 0.6) is 0 Å². The Hall–Kier alpha value is -2.32. The van der Waals surface area contributed by atoms with Crippen LogP contribution in [-0.2, 0) is 16.0 Å². The van der Waals surface area contributed by atoms with E-state index in [0.717, 1.165) is 18.0 Å². The quantitative estimate of drug-likeness (QED) is 0.576. The lowest BCUT2D eigenvalue weighted by molar-refractivity contribution is -0.301. The maximum atomic E-state index is 9.41. The number of piperazine rings is 1. The molecule has 0 bridgehead atoms. The molecule has 3 rings (SSSR count). The predicted octanol–water partition coefficient (Wildman–Crippen LogP) is 1.32. The average molecular weight is 461 g/mol. The summed E-state index contributed by atoms with van der Waals surface area (Å²) in [5.41, 5.74) is 1.44. The van der Waals surface area contributed by atoms with Crippen molar-refractivity contribution in [3.63, 3.8) is 0 Å². The highest BCUT2D eigenvalue weighted by atomic mass is 35.5. The zero-order valence-corrected chi connectivity index (χ0v) is 18.9. The van der Waals surface area contributed by atoms with Gasteiger partial charge in [0, 0.05) is 47.5 Å². The summed E-state index contributed by atoms with van der Waals surface area (Å²) in [6.45, 7) is 5.88. The van der Waals surface area contributed by atoms with Gasteiger partial charge in [-0.25, -0.2) is 0 Å².